The number of hydrogen-bond donors (Lipinski definition) is 1. The van der Waals surface area contributed by atoms with Crippen molar-refractivity contribution in [2.24, 2.45) is 0 Å². The number of halogens is 4. The number of anilines is 2. The van der Waals surface area contributed by atoms with Crippen molar-refractivity contribution in [2.75, 3.05) is 11.5 Å². The number of aromatic hydroxyl groups is 1. The second-order valence-corrected chi connectivity index (χ2v) is 5.27. The molecule has 1 aliphatic heterocycles. The maximum absolute atomic E-state index is 12.9. The molecule has 0 saturated heterocycles. The zero-order valence-corrected chi connectivity index (χ0v) is 12.1. The molecule has 0 aliphatic carbocycles. The maximum Gasteiger partial charge on any atom is 0.416 e. The van der Waals surface area contributed by atoms with Gasteiger partial charge in [0, 0.05) is 5.02 Å². The lowest BCUT2D eigenvalue weighted by Gasteiger charge is -2.30. The Morgan fingerprint density at radius 1 is 1.13 bits per heavy atom. The van der Waals surface area contributed by atoms with E-state index in [4.69, 9.17) is 16.3 Å². The lowest BCUT2D eigenvalue weighted by Crippen LogP contribution is -2.35. The van der Waals surface area contributed by atoms with Crippen LogP contribution in [0.3, 0.4) is 0 Å². The highest BCUT2D eigenvalue weighted by molar-refractivity contribution is 6.31. The molecule has 1 amide bonds. The number of phenolic OH excluding ortho intramolecular Hbond substituents is 1. The van der Waals surface area contributed by atoms with Gasteiger partial charge < -0.3 is 9.84 Å². The summed E-state index contributed by atoms with van der Waals surface area (Å²) in [5, 5.41) is 10.2. The summed E-state index contributed by atoms with van der Waals surface area (Å²) >= 11 is 5.85. The van der Waals surface area contributed by atoms with Gasteiger partial charge in [0.15, 0.2) is 6.61 Å². The number of rotatable bonds is 1. The van der Waals surface area contributed by atoms with Gasteiger partial charge >= 0.3 is 6.18 Å². The third-order valence-corrected chi connectivity index (χ3v) is 3.54. The SMILES string of the molecule is O=C1COc2ccc(C(F)(F)F)cc2N1c1cc(Cl)ccc1O. The summed E-state index contributed by atoms with van der Waals surface area (Å²) < 4.78 is 43.9. The van der Waals surface area contributed by atoms with Crippen molar-refractivity contribution in [3.63, 3.8) is 0 Å². The molecule has 0 saturated carbocycles. The molecule has 0 aromatic heterocycles. The van der Waals surface area contributed by atoms with Crippen molar-refractivity contribution in [2.45, 2.75) is 6.18 Å². The summed E-state index contributed by atoms with van der Waals surface area (Å²) in [6, 6.07) is 6.76. The summed E-state index contributed by atoms with van der Waals surface area (Å²) in [4.78, 5) is 13.1. The number of fused-ring (bicyclic) bond motifs is 1. The zero-order chi connectivity index (χ0) is 16.8. The first-order chi connectivity index (χ1) is 10.8. The lowest BCUT2D eigenvalue weighted by molar-refractivity contribution is -0.137. The van der Waals surface area contributed by atoms with Crippen molar-refractivity contribution in [1.29, 1.82) is 0 Å². The number of amides is 1. The van der Waals surface area contributed by atoms with Crippen LogP contribution in [-0.2, 0) is 11.0 Å². The summed E-state index contributed by atoms with van der Waals surface area (Å²) in [7, 11) is 0. The Balaban J connectivity index is 2.19. The van der Waals surface area contributed by atoms with Gasteiger partial charge in [-0.25, -0.2) is 0 Å². The van der Waals surface area contributed by atoms with Gasteiger partial charge in [0.05, 0.1) is 16.9 Å². The van der Waals surface area contributed by atoms with E-state index < -0.39 is 17.6 Å². The molecular weight excluding hydrogens is 335 g/mol. The number of nitrogens with zero attached hydrogens (tertiary/aromatic N) is 1. The molecule has 8 heteroatoms. The molecule has 1 aliphatic rings. The fourth-order valence-corrected chi connectivity index (χ4v) is 2.44. The van der Waals surface area contributed by atoms with Crippen molar-refractivity contribution in [3.05, 3.63) is 47.0 Å². The van der Waals surface area contributed by atoms with Crippen molar-refractivity contribution in [1.82, 2.24) is 0 Å². The van der Waals surface area contributed by atoms with Crippen molar-refractivity contribution < 1.29 is 27.8 Å². The Hall–Kier alpha value is -2.41. The van der Waals surface area contributed by atoms with E-state index >= 15 is 0 Å². The monoisotopic (exact) mass is 343 g/mol. The van der Waals surface area contributed by atoms with Crippen LogP contribution in [0.4, 0.5) is 24.5 Å². The first-order valence-electron chi connectivity index (χ1n) is 6.43. The molecule has 1 N–H and O–H groups in total. The van der Waals surface area contributed by atoms with E-state index in [0.717, 1.165) is 23.1 Å². The first kappa shape index (κ1) is 15.5. The minimum Gasteiger partial charge on any atom is -0.506 e. The molecule has 2 aromatic rings. The summed E-state index contributed by atoms with van der Waals surface area (Å²) in [6.45, 7) is -0.357. The van der Waals surface area contributed by atoms with Crippen molar-refractivity contribution >= 4 is 28.9 Å². The van der Waals surface area contributed by atoms with Gasteiger partial charge in [-0.15, -0.1) is 0 Å². The molecule has 1 heterocycles. The molecule has 3 rings (SSSR count). The Kier molecular flexibility index (Phi) is 3.60. The number of carbonyl (C=O) groups is 1. The number of ether oxygens (including phenoxy) is 1. The van der Waals surface area contributed by atoms with Gasteiger partial charge in [-0.05, 0) is 36.4 Å². The molecular formula is C15H9ClF3NO3. The standard InChI is InChI=1S/C15H9ClF3NO3/c16-9-2-3-12(21)10(6-9)20-11-5-8(15(17,18)19)1-4-13(11)23-7-14(20)22/h1-6,21H,7H2. The van der Waals surface area contributed by atoms with Gasteiger partial charge in [-0.2, -0.15) is 13.2 Å². The third-order valence-electron chi connectivity index (χ3n) is 3.31. The second-order valence-electron chi connectivity index (χ2n) is 4.83. The summed E-state index contributed by atoms with van der Waals surface area (Å²) in [5.41, 5.74) is -1.04. The van der Waals surface area contributed by atoms with E-state index in [1.807, 2.05) is 0 Å². The van der Waals surface area contributed by atoms with Crippen LogP contribution < -0.4 is 9.64 Å². The number of carbonyl (C=O) groups excluding carboxylic acids is 1. The van der Waals surface area contributed by atoms with E-state index in [1.54, 1.807) is 0 Å². The van der Waals surface area contributed by atoms with Gasteiger partial charge in [0.1, 0.15) is 11.5 Å². The van der Waals surface area contributed by atoms with Crippen LogP contribution in [0, 0.1) is 0 Å². The zero-order valence-electron chi connectivity index (χ0n) is 11.4. The van der Waals surface area contributed by atoms with E-state index in [1.165, 1.54) is 18.2 Å². The largest absolute Gasteiger partial charge is 0.506 e. The highest BCUT2D eigenvalue weighted by atomic mass is 35.5. The molecule has 0 bridgehead atoms. The summed E-state index contributed by atoms with van der Waals surface area (Å²) in [6.07, 6.45) is -4.57. The first-order valence-corrected chi connectivity index (χ1v) is 6.80. The van der Waals surface area contributed by atoms with Crippen molar-refractivity contribution in [3.8, 4) is 11.5 Å². The van der Waals surface area contributed by atoms with E-state index in [9.17, 15) is 23.1 Å². The topological polar surface area (TPSA) is 49.8 Å². The van der Waals surface area contributed by atoms with Crippen LogP contribution in [-0.4, -0.2) is 17.6 Å². The number of alkyl halides is 3. The Morgan fingerprint density at radius 2 is 1.87 bits per heavy atom. The molecule has 23 heavy (non-hydrogen) atoms. The normalized spacial score (nSPS) is 14.4. The molecule has 0 fully saturated rings. The smallest absolute Gasteiger partial charge is 0.416 e. The summed E-state index contributed by atoms with van der Waals surface area (Å²) in [5.74, 6) is -0.792. The number of hydrogen-bond acceptors (Lipinski definition) is 3. The predicted molar refractivity (Wildman–Crippen MR) is 77.2 cm³/mol. The number of phenols is 1. The van der Waals surface area contributed by atoms with Crippen LogP contribution in [0.1, 0.15) is 5.56 Å². The van der Waals surface area contributed by atoms with Crippen LogP contribution >= 0.6 is 11.6 Å². The number of benzene rings is 2. The molecule has 120 valence electrons. The van der Waals surface area contributed by atoms with Gasteiger partial charge in [-0.3, -0.25) is 9.69 Å². The quantitative estimate of drug-likeness (QED) is 0.847. The highest BCUT2D eigenvalue weighted by Gasteiger charge is 2.35. The fraction of sp³-hybridized carbons (Fsp3) is 0.133. The van der Waals surface area contributed by atoms with Gasteiger partial charge in [0.2, 0.25) is 0 Å². The molecule has 4 nitrogen and oxygen atoms in total. The van der Waals surface area contributed by atoms with Crippen LogP contribution in [0.5, 0.6) is 11.5 Å². The van der Waals surface area contributed by atoms with Gasteiger partial charge in [0.25, 0.3) is 5.91 Å². The highest BCUT2D eigenvalue weighted by Crippen LogP contribution is 2.44. The second kappa shape index (κ2) is 5.34. The molecule has 0 radical (unpaired) electrons. The van der Waals surface area contributed by atoms with Crippen LogP contribution in [0.2, 0.25) is 5.02 Å². The third kappa shape index (κ3) is 2.79. The average molecular weight is 344 g/mol. The van der Waals surface area contributed by atoms with Gasteiger partial charge in [-0.1, -0.05) is 11.6 Å². The van der Waals surface area contributed by atoms with E-state index in [-0.39, 0.29) is 34.5 Å². The van der Waals surface area contributed by atoms with Crippen LogP contribution in [0.15, 0.2) is 36.4 Å². The fourth-order valence-electron chi connectivity index (χ4n) is 2.27. The minimum absolute atomic E-state index is 0.00799. The molecule has 0 atom stereocenters. The molecule has 0 unspecified atom stereocenters. The average Bonchev–Trinajstić information content (AvgIpc) is 2.48. The van der Waals surface area contributed by atoms with E-state index in [0.29, 0.717) is 0 Å². The Bertz CT molecular complexity index is 792. The Morgan fingerprint density at radius 3 is 2.57 bits per heavy atom. The van der Waals surface area contributed by atoms with E-state index in [2.05, 4.69) is 0 Å². The molecule has 0 spiro atoms. The molecule has 2 aromatic carbocycles. The predicted octanol–water partition coefficient (Wildman–Crippen LogP) is 4.12. The maximum atomic E-state index is 12.9. The van der Waals surface area contributed by atoms with Crippen LogP contribution in [0.25, 0.3) is 0 Å². The Labute approximate surface area is 133 Å². The minimum atomic E-state index is -4.57. The lowest BCUT2D eigenvalue weighted by atomic mass is 10.1.